The molecular formula is C24H33N5O2S2. The third kappa shape index (κ3) is 5.34. The molecule has 0 radical (unpaired) electrons. The number of unbranched alkanes of at least 4 members (excludes halogenated alkanes) is 3. The van der Waals surface area contributed by atoms with Crippen molar-refractivity contribution in [2.45, 2.75) is 53.0 Å². The van der Waals surface area contributed by atoms with Gasteiger partial charge in [0.2, 0.25) is 0 Å². The molecule has 0 bridgehead atoms. The van der Waals surface area contributed by atoms with Crippen molar-refractivity contribution in [3.8, 4) is 6.07 Å². The van der Waals surface area contributed by atoms with Crippen LogP contribution in [0.25, 0.3) is 6.08 Å². The molecule has 7 nitrogen and oxygen atoms in total. The van der Waals surface area contributed by atoms with E-state index in [1.165, 1.54) is 11.8 Å². The third-order valence-electron chi connectivity index (χ3n) is 6.35. The standard InChI is InChI=1S/C24H33N5O2S2/c1-5-7-8-9-10-29-23(31)20(33-24(29)32)15-18-17(3)19(16-25)22(30)28(6-2)21(18)27-13-11-26(4)12-14-27/h15H,5-14H2,1-4H3. The van der Waals surface area contributed by atoms with Crippen LogP contribution in [0.1, 0.15) is 56.2 Å². The van der Waals surface area contributed by atoms with Crippen LogP contribution in [0.4, 0.5) is 5.82 Å². The maximum atomic E-state index is 13.2. The van der Waals surface area contributed by atoms with Crippen molar-refractivity contribution >= 4 is 46.1 Å². The Morgan fingerprint density at radius 1 is 1.12 bits per heavy atom. The Bertz CT molecular complexity index is 1050. The zero-order valence-electron chi connectivity index (χ0n) is 20.0. The highest BCUT2D eigenvalue weighted by atomic mass is 32.2. The largest absolute Gasteiger partial charge is 0.355 e. The Morgan fingerprint density at radius 2 is 1.82 bits per heavy atom. The number of rotatable bonds is 8. The molecule has 1 aromatic rings. The minimum Gasteiger partial charge on any atom is -0.355 e. The summed E-state index contributed by atoms with van der Waals surface area (Å²) in [7, 11) is 2.08. The van der Waals surface area contributed by atoms with Gasteiger partial charge in [-0.3, -0.25) is 19.1 Å². The van der Waals surface area contributed by atoms with Gasteiger partial charge in [0.1, 0.15) is 21.8 Å². The molecule has 0 saturated carbocycles. The summed E-state index contributed by atoms with van der Waals surface area (Å²) >= 11 is 6.82. The van der Waals surface area contributed by atoms with Crippen molar-refractivity contribution in [3.05, 3.63) is 31.9 Å². The topological polar surface area (TPSA) is 72.6 Å². The third-order valence-corrected chi connectivity index (χ3v) is 7.73. The van der Waals surface area contributed by atoms with Crippen molar-refractivity contribution in [1.82, 2.24) is 14.4 Å². The lowest BCUT2D eigenvalue weighted by atomic mass is 10.0. The molecular weight excluding hydrogens is 454 g/mol. The second-order valence-corrected chi connectivity index (χ2v) is 10.3. The normalized spacial score (nSPS) is 18.5. The van der Waals surface area contributed by atoms with Crippen molar-refractivity contribution in [2.24, 2.45) is 0 Å². The number of nitrogens with zero attached hydrogens (tertiary/aromatic N) is 5. The van der Waals surface area contributed by atoms with Crippen LogP contribution in [0.2, 0.25) is 0 Å². The van der Waals surface area contributed by atoms with Crippen molar-refractivity contribution in [2.75, 3.05) is 44.7 Å². The number of thioether (sulfide) groups is 1. The van der Waals surface area contributed by atoms with Gasteiger partial charge in [-0.15, -0.1) is 0 Å². The number of likely N-dealkylation sites (N-methyl/N-ethyl adjacent to an activating group) is 1. The number of thiocarbonyl (C=S) groups is 1. The summed E-state index contributed by atoms with van der Waals surface area (Å²) < 4.78 is 2.25. The zero-order valence-corrected chi connectivity index (χ0v) is 21.7. The van der Waals surface area contributed by atoms with Crippen LogP contribution in [-0.2, 0) is 11.3 Å². The average Bonchev–Trinajstić information content (AvgIpc) is 3.06. The van der Waals surface area contributed by atoms with Gasteiger partial charge < -0.3 is 9.80 Å². The van der Waals surface area contributed by atoms with Gasteiger partial charge in [0.25, 0.3) is 11.5 Å². The van der Waals surface area contributed by atoms with Crippen molar-refractivity contribution in [1.29, 1.82) is 5.26 Å². The summed E-state index contributed by atoms with van der Waals surface area (Å²) in [6, 6.07) is 2.09. The molecule has 0 spiro atoms. The molecule has 3 heterocycles. The zero-order chi connectivity index (χ0) is 24.1. The van der Waals surface area contributed by atoms with Gasteiger partial charge in [-0.2, -0.15) is 5.26 Å². The molecule has 2 aliphatic rings. The second kappa shape index (κ2) is 11.3. The van der Waals surface area contributed by atoms with E-state index in [2.05, 4.69) is 29.8 Å². The molecule has 178 valence electrons. The van der Waals surface area contributed by atoms with Gasteiger partial charge >= 0.3 is 0 Å². The Hall–Kier alpha value is -2.15. The summed E-state index contributed by atoms with van der Waals surface area (Å²) in [4.78, 5) is 33.0. The predicted molar refractivity (Wildman–Crippen MR) is 140 cm³/mol. The van der Waals surface area contributed by atoms with E-state index in [9.17, 15) is 14.9 Å². The van der Waals surface area contributed by atoms with E-state index in [1.807, 2.05) is 13.0 Å². The highest BCUT2D eigenvalue weighted by Gasteiger charge is 2.33. The number of hydrogen-bond donors (Lipinski definition) is 0. The van der Waals surface area contributed by atoms with Crippen LogP contribution in [0.15, 0.2) is 9.70 Å². The first-order chi connectivity index (χ1) is 15.8. The van der Waals surface area contributed by atoms with Crippen molar-refractivity contribution < 1.29 is 4.79 Å². The number of hydrogen-bond acceptors (Lipinski definition) is 7. The molecule has 9 heteroatoms. The van der Waals surface area contributed by atoms with E-state index in [0.29, 0.717) is 27.9 Å². The lowest BCUT2D eigenvalue weighted by Gasteiger charge is -2.36. The number of piperazine rings is 1. The smallest absolute Gasteiger partial charge is 0.270 e. The Morgan fingerprint density at radius 3 is 2.42 bits per heavy atom. The maximum absolute atomic E-state index is 13.2. The number of nitriles is 1. The fourth-order valence-corrected chi connectivity index (χ4v) is 5.61. The van der Waals surface area contributed by atoms with Gasteiger partial charge in [-0.05, 0) is 39.0 Å². The van der Waals surface area contributed by atoms with E-state index < -0.39 is 0 Å². The molecule has 3 rings (SSSR count). The van der Waals surface area contributed by atoms with Gasteiger partial charge in [0.05, 0.1) is 4.91 Å². The highest BCUT2D eigenvalue weighted by molar-refractivity contribution is 8.26. The van der Waals surface area contributed by atoms with Crippen LogP contribution in [-0.4, -0.2) is 64.4 Å². The maximum Gasteiger partial charge on any atom is 0.270 e. The molecule has 0 aromatic carbocycles. The Kier molecular flexibility index (Phi) is 8.74. The minimum absolute atomic E-state index is 0.0852. The first-order valence-corrected chi connectivity index (χ1v) is 12.9. The fourth-order valence-electron chi connectivity index (χ4n) is 4.32. The highest BCUT2D eigenvalue weighted by Crippen LogP contribution is 2.36. The first kappa shape index (κ1) is 25.5. The molecule has 0 unspecified atom stereocenters. The molecule has 2 aliphatic heterocycles. The minimum atomic E-state index is -0.271. The summed E-state index contributed by atoms with van der Waals surface area (Å²) in [5.74, 6) is 0.707. The summed E-state index contributed by atoms with van der Waals surface area (Å²) in [6.07, 6.45) is 6.14. The predicted octanol–water partition coefficient (Wildman–Crippen LogP) is 3.58. The molecule has 0 N–H and O–H groups in total. The second-order valence-electron chi connectivity index (χ2n) is 8.58. The number of amides is 1. The summed E-state index contributed by atoms with van der Waals surface area (Å²) in [5, 5.41) is 9.71. The van der Waals surface area contributed by atoms with E-state index in [1.54, 1.807) is 16.4 Å². The van der Waals surface area contributed by atoms with Gasteiger partial charge in [0.15, 0.2) is 0 Å². The number of pyridine rings is 1. The van der Waals surface area contributed by atoms with Crippen LogP contribution < -0.4 is 10.5 Å². The van der Waals surface area contributed by atoms with Gasteiger partial charge in [0, 0.05) is 44.8 Å². The number of carbonyl (C=O) groups is 1. The number of carbonyl (C=O) groups excluding carboxylic acids is 1. The Balaban J connectivity index is 2.05. The number of aromatic nitrogens is 1. The molecule has 2 saturated heterocycles. The van der Waals surface area contributed by atoms with E-state index in [-0.39, 0.29) is 17.0 Å². The monoisotopic (exact) mass is 487 g/mol. The number of anilines is 1. The summed E-state index contributed by atoms with van der Waals surface area (Å²) in [6.45, 7) is 10.3. The van der Waals surface area contributed by atoms with Crippen LogP contribution in [0.3, 0.4) is 0 Å². The van der Waals surface area contributed by atoms with Gasteiger partial charge in [-0.1, -0.05) is 50.2 Å². The van der Waals surface area contributed by atoms with E-state index in [0.717, 1.165) is 63.2 Å². The van der Waals surface area contributed by atoms with Crippen LogP contribution in [0.5, 0.6) is 0 Å². The molecule has 2 fully saturated rings. The Labute approximate surface area is 206 Å². The fraction of sp³-hybridized carbons (Fsp3) is 0.583. The van der Waals surface area contributed by atoms with E-state index >= 15 is 0 Å². The molecule has 1 aromatic heterocycles. The van der Waals surface area contributed by atoms with Crippen molar-refractivity contribution in [3.63, 3.8) is 0 Å². The quantitative estimate of drug-likeness (QED) is 0.315. The molecule has 33 heavy (non-hydrogen) atoms. The first-order valence-electron chi connectivity index (χ1n) is 11.7. The summed E-state index contributed by atoms with van der Waals surface area (Å²) in [5.41, 5.74) is 1.25. The van der Waals surface area contributed by atoms with Gasteiger partial charge in [-0.25, -0.2) is 0 Å². The molecule has 0 atom stereocenters. The van der Waals surface area contributed by atoms with Crippen LogP contribution >= 0.6 is 24.0 Å². The molecule has 0 aliphatic carbocycles. The average molecular weight is 488 g/mol. The molecule has 1 amide bonds. The SMILES string of the molecule is CCCCCCN1C(=O)C(=Cc2c(C)c(C#N)c(=O)n(CC)c2N2CCN(C)CC2)SC1=S. The lowest BCUT2D eigenvalue weighted by Crippen LogP contribution is -2.47. The lowest BCUT2D eigenvalue weighted by molar-refractivity contribution is -0.122. The van der Waals surface area contributed by atoms with E-state index in [4.69, 9.17) is 12.2 Å². The van der Waals surface area contributed by atoms with Crippen LogP contribution in [0, 0.1) is 18.3 Å².